The number of Topliss-reactive ketones (excluding diaryl/α,β-unsaturated/α-hetero) is 1. The minimum Gasteiger partial charge on any atom is -0.294 e. The van der Waals surface area contributed by atoms with Crippen LogP contribution >= 0.6 is 0 Å². The summed E-state index contributed by atoms with van der Waals surface area (Å²) in [6.07, 6.45) is 8.57. The number of hydrogen-bond acceptors (Lipinski definition) is 1. The zero-order valence-electron chi connectivity index (χ0n) is 11.4. The molecule has 1 saturated carbocycles. The van der Waals surface area contributed by atoms with Crippen LogP contribution in [0.2, 0.25) is 0 Å². The second kappa shape index (κ2) is 6.72. The average Bonchev–Trinajstić information content (AvgIpc) is 2.93. The molecule has 98 valence electrons. The summed E-state index contributed by atoms with van der Waals surface area (Å²) in [6.45, 7) is 2.23. The van der Waals surface area contributed by atoms with Crippen LogP contribution in [-0.4, -0.2) is 5.78 Å². The Morgan fingerprint density at radius 3 is 2.50 bits per heavy atom. The van der Waals surface area contributed by atoms with Gasteiger partial charge in [0.05, 0.1) is 0 Å². The van der Waals surface area contributed by atoms with Crippen molar-refractivity contribution in [3.63, 3.8) is 0 Å². The molecule has 18 heavy (non-hydrogen) atoms. The molecule has 1 heteroatoms. The normalized spacial score (nSPS) is 17.8. The number of carbonyl (C=O) groups is 1. The van der Waals surface area contributed by atoms with E-state index in [0.717, 1.165) is 17.9 Å². The van der Waals surface area contributed by atoms with E-state index >= 15 is 0 Å². The summed E-state index contributed by atoms with van der Waals surface area (Å²) < 4.78 is 0. The number of ketones is 1. The summed E-state index contributed by atoms with van der Waals surface area (Å²) in [5, 5.41) is 0. The monoisotopic (exact) mass is 244 g/mol. The molecule has 0 spiro atoms. The van der Waals surface area contributed by atoms with Gasteiger partial charge in [-0.15, -0.1) is 0 Å². The van der Waals surface area contributed by atoms with Crippen LogP contribution in [0.5, 0.6) is 0 Å². The number of hydrogen-bond donors (Lipinski definition) is 0. The molecule has 0 amide bonds. The van der Waals surface area contributed by atoms with Gasteiger partial charge in [0.25, 0.3) is 0 Å². The van der Waals surface area contributed by atoms with Crippen molar-refractivity contribution in [2.45, 2.75) is 51.9 Å². The van der Waals surface area contributed by atoms with E-state index in [1.165, 1.54) is 38.5 Å². The molecule has 1 nitrogen and oxygen atoms in total. The summed E-state index contributed by atoms with van der Waals surface area (Å²) in [5.74, 6) is 1.75. The molecule has 1 unspecified atom stereocenters. The lowest BCUT2D eigenvalue weighted by Gasteiger charge is -2.22. The largest absolute Gasteiger partial charge is 0.294 e. The number of benzene rings is 1. The van der Waals surface area contributed by atoms with E-state index in [1.54, 1.807) is 0 Å². The summed E-state index contributed by atoms with van der Waals surface area (Å²) in [4.78, 5) is 12.3. The Morgan fingerprint density at radius 2 is 1.89 bits per heavy atom. The van der Waals surface area contributed by atoms with Gasteiger partial charge < -0.3 is 0 Å². The molecular formula is C17H24O. The second-order valence-corrected chi connectivity index (χ2v) is 5.59. The molecule has 1 aromatic rings. The molecule has 0 aliphatic heterocycles. The maximum Gasteiger partial charge on any atom is 0.163 e. The van der Waals surface area contributed by atoms with Crippen molar-refractivity contribution in [2.75, 3.05) is 0 Å². The predicted molar refractivity (Wildman–Crippen MR) is 75.7 cm³/mol. The van der Waals surface area contributed by atoms with Gasteiger partial charge in [-0.2, -0.15) is 0 Å². The van der Waals surface area contributed by atoms with Gasteiger partial charge in [0.15, 0.2) is 5.78 Å². The van der Waals surface area contributed by atoms with Crippen LogP contribution in [-0.2, 0) is 0 Å². The van der Waals surface area contributed by atoms with Crippen LogP contribution < -0.4 is 0 Å². The van der Waals surface area contributed by atoms with Crippen molar-refractivity contribution in [1.82, 2.24) is 0 Å². The van der Waals surface area contributed by atoms with Crippen LogP contribution in [0.4, 0.5) is 0 Å². The minimum absolute atomic E-state index is 0.334. The van der Waals surface area contributed by atoms with E-state index in [0.29, 0.717) is 11.7 Å². The molecule has 0 saturated heterocycles. The number of rotatable bonds is 6. The number of carbonyl (C=O) groups excluding carboxylic acids is 1. The summed E-state index contributed by atoms with van der Waals surface area (Å²) in [6, 6.07) is 9.77. The minimum atomic E-state index is 0.334. The maximum absolute atomic E-state index is 12.3. The van der Waals surface area contributed by atoms with Gasteiger partial charge in [-0.3, -0.25) is 4.79 Å². The van der Waals surface area contributed by atoms with Crippen molar-refractivity contribution >= 4 is 5.78 Å². The fraction of sp³-hybridized carbons (Fsp3) is 0.588. The van der Waals surface area contributed by atoms with E-state index in [9.17, 15) is 4.79 Å². The summed E-state index contributed by atoms with van der Waals surface area (Å²) >= 11 is 0. The molecule has 2 rings (SSSR count). The molecule has 0 radical (unpaired) electrons. The van der Waals surface area contributed by atoms with Crippen LogP contribution in [0.3, 0.4) is 0 Å². The maximum atomic E-state index is 12.3. The Hall–Kier alpha value is -1.11. The fourth-order valence-electron chi connectivity index (χ4n) is 3.28. The van der Waals surface area contributed by atoms with Gasteiger partial charge in [-0.25, -0.2) is 0 Å². The lowest BCUT2D eigenvalue weighted by atomic mass is 9.82. The molecule has 1 atom stereocenters. The van der Waals surface area contributed by atoms with E-state index in [2.05, 4.69) is 6.92 Å². The SMILES string of the molecule is CCCC(CC(=O)c1ccccc1)C1CCCC1. The van der Waals surface area contributed by atoms with Crippen LogP contribution in [0.15, 0.2) is 30.3 Å². The first-order valence-corrected chi connectivity index (χ1v) is 7.39. The highest BCUT2D eigenvalue weighted by molar-refractivity contribution is 5.96. The third-order valence-corrected chi connectivity index (χ3v) is 4.27. The van der Waals surface area contributed by atoms with Gasteiger partial charge in [-0.1, -0.05) is 75.8 Å². The van der Waals surface area contributed by atoms with Gasteiger partial charge in [0.2, 0.25) is 0 Å². The Labute approximate surface area is 111 Å². The lowest BCUT2D eigenvalue weighted by molar-refractivity contribution is 0.0939. The Kier molecular flexibility index (Phi) is 4.98. The van der Waals surface area contributed by atoms with Crippen molar-refractivity contribution < 1.29 is 4.79 Å². The van der Waals surface area contributed by atoms with Crippen molar-refractivity contribution in [3.05, 3.63) is 35.9 Å². The van der Waals surface area contributed by atoms with Crippen LogP contribution in [0.25, 0.3) is 0 Å². The van der Waals surface area contributed by atoms with E-state index in [4.69, 9.17) is 0 Å². The lowest BCUT2D eigenvalue weighted by Crippen LogP contribution is -2.16. The summed E-state index contributed by atoms with van der Waals surface area (Å²) in [5.41, 5.74) is 0.886. The van der Waals surface area contributed by atoms with Gasteiger partial charge in [0.1, 0.15) is 0 Å². The van der Waals surface area contributed by atoms with Gasteiger partial charge in [0, 0.05) is 12.0 Å². The van der Waals surface area contributed by atoms with E-state index in [-0.39, 0.29) is 0 Å². The Bertz CT molecular complexity index is 362. The van der Waals surface area contributed by atoms with E-state index in [1.807, 2.05) is 30.3 Å². The van der Waals surface area contributed by atoms with Crippen molar-refractivity contribution in [1.29, 1.82) is 0 Å². The topological polar surface area (TPSA) is 17.1 Å². The Morgan fingerprint density at radius 1 is 1.22 bits per heavy atom. The third-order valence-electron chi connectivity index (χ3n) is 4.27. The first-order valence-electron chi connectivity index (χ1n) is 7.39. The van der Waals surface area contributed by atoms with E-state index < -0.39 is 0 Å². The van der Waals surface area contributed by atoms with Gasteiger partial charge in [-0.05, 0) is 11.8 Å². The summed E-state index contributed by atoms with van der Waals surface area (Å²) in [7, 11) is 0. The van der Waals surface area contributed by atoms with Crippen molar-refractivity contribution in [3.8, 4) is 0 Å². The smallest absolute Gasteiger partial charge is 0.163 e. The zero-order valence-corrected chi connectivity index (χ0v) is 11.4. The Balaban J connectivity index is 1.97. The molecule has 0 aromatic heterocycles. The molecule has 1 aliphatic carbocycles. The highest BCUT2D eigenvalue weighted by Crippen LogP contribution is 2.36. The second-order valence-electron chi connectivity index (χ2n) is 5.59. The molecule has 0 N–H and O–H groups in total. The van der Waals surface area contributed by atoms with Crippen LogP contribution in [0, 0.1) is 11.8 Å². The molecule has 1 fully saturated rings. The van der Waals surface area contributed by atoms with Crippen LogP contribution in [0.1, 0.15) is 62.2 Å². The highest BCUT2D eigenvalue weighted by atomic mass is 16.1. The molecule has 0 heterocycles. The molecule has 1 aromatic carbocycles. The highest BCUT2D eigenvalue weighted by Gasteiger charge is 2.26. The molecular weight excluding hydrogens is 220 g/mol. The quantitative estimate of drug-likeness (QED) is 0.653. The average molecular weight is 244 g/mol. The van der Waals surface area contributed by atoms with Gasteiger partial charge >= 0.3 is 0 Å². The first-order chi connectivity index (χ1) is 8.81. The zero-order chi connectivity index (χ0) is 12.8. The molecule has 0 bridgehead atoms. The molecule has 1 aliphatic rings. The standard InChI is InChI=1S/C17H24O/c1-2-8-16(14-9-6-7-10-14)13-17(18)15-11-4-3-5-12-15/h3-5,11-12,14,16H,2,6-10,13H2,1H3. The third kappa shape index (κ3) is 3.44. The predicted octanol–water partition coefficient (Wildman–Crippen LogP) is 4.87. The fourth-order valence-corrected chi connectivity index (χ4v) is 3.28. The van der Waals surface area contributed by atoms with Crippen molar-refractivity contribution in [2.24, 2.45) is 11.8 Å². The first kappa shape index (κ1) is 13.3.